The molecule has 1 saturated carbocycles. The quantitative estimate of drug-likeness (QED) is 0.838. The molecule has 21 heavy (non-hydrogen) atoms. The van der Waals surface area contributed by atoms with Crippen molar-refractivity contribution >= 4 is 0 Å². The van der Waals surface area contributed by atoms with Crippen LogP contribution in [0.1, 0.15) is 53.0 Å². The molecule has 2 nitrogen and oxygen atoms in total. The first-order valence-corrected chi connectivity index (χ1v) is 8.35. The Morgan fingerprint density at radius 1 is 1.14 bits per heavy atom. The van der Waals surface area contributed by atoms with E-state index in [-0.39, 0.29) is 0 Å². The molecule has 0 unspecified atom stereocenters. The molecule has 1 aliphatic carbocycles. The van der Waals surface area contributed by atoms with E-state index in [4.69, 9.17) is 4.74 Å². The van der Waals surface area contributed by atoms with Crippen LogP contribution in [0.4, 0.5) is 0 Å². The summed E-state index contributed by atoms with van der Waals surface area (Å²) in [7, 11) is 0. The lowest BCUT2D eigenvalue weighted by atomic mass is 9.52. The standard InChI is InChI=1S/C19H31NO/c1-6-20-14-19(12-16(13-19)18(3,4)5)15-8-10-17(11-9-15)21-7-2/h8-11,16,20H,6-7,12-14H2,1-5H3. The van der Waals surface area contributed by atoms with Crippen LogP contribution in [0.15, 0.2) is 24.3 Å². The van der Waals surface area contributed by atoms with Gasteiger partial charge in [0.05, 0.1) is 6.61 Å². The van der Waals surface area contributed by atoms with E-state index < -0.39 is 0 Å². The molecule has 118 valence electrons. The molecule has 0 aliphatic heterocycles. The van der Waals surface area contributed by atoms with Crippen molar-refractivity contribution in [3.63, 3.8) is 0 Å². The van der Waals surface area contributed by atoms with Gasteiger partial charge in [-0.2, -0.15) is 0 Å². The second-order valence-electron chi connectivity index (χ2n) is 7.49. The number of benzene rings is 1. The highest BCUT2D eigenvalue weighted by molar-refractivity contribution is 5.35. The van der Waals surface area contributed by atoms with Crippen LogP contribution < -0.4 is 10.1 Å². The monoisotopic (exact) mass is 289 g/mol. The Balaban J connectivity index is 2.14. The molecule has 0 saturated heterocycles. The number of rotatable bonds is 6. The lowest BCUT2D eigenvalue weighted by Gasteiger charge is -2.53. The Morgan fingerprint density at radius 3 is 2.24 bits per heavy atom. The molecule has 1 aromatic rings. The highest BCUT2D eigenvalue weighted by Crippen LogP contribution is 2.54. The summed E-state index contributed by atoms with van der Waals surface area (Å²) >= 11 is 0. The lowest BCUT2D eigenvalue weighted by Crippen LogP contribution is -2.52. The smallest absolute Gasteiger partial charge is 0.119 e. The van der Waals surface area contributed by atoms with Crippen molar-refractivity contribution in [1.29, 1.82) is 0 Å². The molecule has 0 spiro atoms. The van der Waals surface area contributed by atoms with Gasteiger partial charge in [-0.3, -0.25) is 0 Å². The van der Waals surface area contributed by atoms with E-state index in [1.807, 2.05) is 6.92 Å². The molecule has 2 rings (SSSR count). The average molecular weight is 289 g/mol. The summed E-state index contributed by atoms with van der Waals surface area (Å²) in [6.45, 7) is 14.2. The van der Waals surface area contributed by atoms with E-state index >= 15 is 0 Å². The van der Waals surface area contributed by atoms with Crippen LogP contribution in [-0.4, -0.2) is 19.7 Å². The Hall–Kier alpha value is -1.02. The molecular weight excluding hydrogens is 258 g/mol. The van der Waals surface area contributed by atoms with Crippen LogP contribution in [0.3, 0.4) is 0 Å². The van der Waals surface area contributed by atoms with Crippen LogP contribution >= 0.6 is 0 Å². The molecular formula is C19H31NO. The first kappa shape index (κ1) is 16.4. The third kappa shape index (κ3) is 3.60. The summed E-state index contributed by atoms with van der Waals surface area (Å²) in [6, 6.07) is 8.77. The maximum Gasteiger partial charge on any atom is 0.119 e. The molecule has 0 atom stereocenters. The predicted octanol–water partition coefficient (Wildman–Crippen LogP) is 4.39. The number of likely N-dealkylation sites (N-methyl/N-ethyl adjacent to an activating group) is 1. The van der Waals surface area contributed by atoms with Crippen LogP contribution in [0.5, 0.6) is 5.75 Å². The van der Waals surface area contributed by atoms with Gasteiger partial charge in [0.1, 0.15) is 5.75 Å². The summed E-state index contributed by atoms with van der Waals surface area (Å²) in [5, 5.41) is 3.57. The molecule has 1 aromatic carbocycles. The SMILES string of the molecule is CCNCC1(c2ccc(OCC)cc2)CC(C(C)(C)C)C1. The van der Waals surface area contributed by atoms with E-state index in [1.54, 1.807) is 0 Å². The topological polar surface area (TPSA) is 21.3 Å². The molecule has 0 amide bonds. The third-order valence-corrected chi connectivity index (χ3v) is 4.99. The fourth-order valence-corrected chi connectivity index (χ4v) is 3.41. The molecule has 0 radical (unpaired) electrons. The van der Waals surface area contributed by atoms with E-state index in [9.17, 15) is 0 Å². The van der Waals surface area contributed by atoms with Gasteiger partial charge in [-0.1, -0.05) is 39.8 Å². The molecule has 1 N–H and O–H groups in total. The molecule has 0 bridgehead atoms. The zero-order chi connectivity index (χ0) is 15.5. The van der Waals surface area contributed by atoms with Gasteiger partial charge in [-0.05, 0) is 55.3 Å². The van der Waals surface area contributed by atoms with Crippen molar-refractivity contribution < 1.29 is 4.74 Å². The van der Waals surface area contributed by atoms with Gasteiger partial charge >= 0.3 is 0 Å². The number of nitrogens with one attached hydrogen (secondary N) is 1. The zero-order valence-corrected chi connectivity index (χ0v) is 14.3. The molecule has 0 heterocycles. The van der Waals surface area contributed by atoms with Crippen molar-refractivity contribution in [1.82, 2.24) is 5.32 Å². The van der Waals surface area contributed by atoms with Crippen LogP contribution in [0.2, 0.25) is 0 Å². The first-order valence-electron chi connectivity index (χ1n) is 8.35. The van der Waals surface area contributed by atoms with Crippen molar-refractivity contribution in [2.24, 2.45) is 11.3 Å². The maximum atomic E-state index is 5.57. The molecule has 1 fully saturated rings. The summed E-state index contributed by atoms with van der Waals surface area (Å²) in [6.07, 6.45) is 2.58. The number of hydrogen-bond acceptors (Lipinski definition) is 2. The van der Waals surface area contributed by atoms with E-state index in [2.05, 4.69) is 57.3 Å². The predicted molar refractivity (Wildman–Crippen MR) is 90.0 cm³/mol. The second-order valence-corrected chi connectivity index (χ2v) is 7.49. The Labute approximate surface area is 130 Å². The Bertz CT molecular complexity index is 438. The highest BCUT2D eigenvalue weighted by atomic mass is 16.5. The van der Waals surface area contributed by atoms with Gasteiger partial charge in [0.25, 0.3) is 0 Å². The minimum atomic E-state index is 0.318. The van der Waals surface area contributed by atoms with Crippen LogP contribution in [0.25, 0.3) is 0 Å². The van der Waals surface area contributed by atoms with Gasteiger partial charge in [-0.15, -0.1) is 0 Å². The summed E-state index contributed by atoms with van der Waals surface area (Å²) < 4.78 is 5.57. The highest BCUT2D eigenvalue weighted by Gasteiger charge is 2.48. The van der Waals surface area contributed by atoms with Gasteiger partial charge in [-0.25, -0.2) is 0 Å². The summed E-state index contributed by atoms with van der Waals surface area (Å²) in [5.74, 6) is 1.80. The van der Waals surface area contributed by atoms with Gasteiger partial charge in [0.2, 0.25) is 0 Å². The average Bonchev–Trinajstić information content (AvgIpc) is 2.38. The van der Waals surface area contributed by atoms with E-state index in [0.29, 0.717) is 10.8 Å². The van der Waals surface area contributed by atoms with Crippen molar-refractivity contribution in [2.75, 3.05) is 19.7 Å². The second kappa shape index (κ2) is 6.39. The van der Waals surface area contributed by atoms with Crippen LogP contribution in [0, 0.1) is 11.3 Å². The van der Waals surface area contributed by atoms with Gasteiger partial charge in [0.15, 0.2) is 0 Å². The van der Waals surface area contributed by atoms with Crippen LogP contribution in [-0.2, 0) is 5.41 Å². The van der Waals surface area contributed by atoms with Gasteiger partial charge < -0.3 is 10.1 Å². The van der Waals surface area contributed by atoms with Crippen molar-refractivity contribution in [3.05, 3.63) is 29.8 Å². The Morgan fingerprint density at radius 2 is 1.76 bits per heavy atom. The fourth-order valence-electron chi connectivity index (χ4n) is 3.41. The molecule has 0 aromatic heterocycles. The number of hydrogen-bond donors (Lipinski definition) is 1. The van der Waals surface area contributed by atoms with Crippen molar-refractivity contribution in [3.8, 4) is 5.75 Å². The summed E-state index contributed by atoms with van der Waals surface area (Å²) in [4.78, 5) is 0. The fraction of sp³-hybridized carbons (Fsp3) is 0.684. The van der Waals surface area contributed by atoms with E-state index in [1.165, 1.54) is 18.4 Å². The van der Waals surface area contributed by atoms with Crippen molar-refractivity contribution in [2.45, 2.75) is 52.9 Å². The molecule has 2 heteroatoms. The summed E-state index contributed by atoms with van der Waals surface area (Å²) in [5.41, 5.74) is 2.20. The first-order chi connectivity index (χ1) is 9.91. The minimum absolute atomic E-state index is 0.318. The largest absolute Gasteiger partial charge is 0.494 e. The lowest BCUT2D eigenvalue weighted by molar-refractivity contribution is 0.0452. The maximum absolute atomic E-state index is 5.57. The van der Waals surface area contributed by atoms with Gasteiger partial charge in [0, 0.05) is 12.0 Å². The normalized spacial score (nSPS) is 25.5. The van der Waals surface area contributed by atoms with E-state index in [0.717, 1.165) is 31.4 Å². The minimum Gasteiger partial charge on any atom is -0.494 e. The number of ether oxygens (including phenoxy) is 1. The Kier molecular flexibility index (Phi) is 4.98. The molecule has 1 aliphatic rings. The zero-order valence-electron chi connectivity index (χ0n) is 14.3. The third-order valence-electron chi connectivity index (χ3n) is 4.99.